The molecule has 0 bridgehead atoms. The third-order valence-electron chi connectivity index (χ3n) is 3.17. The summed E-state index contributed by atoms with van der Waals surface area (Å²) < 4.78 is 6.81. The Bertz CT molecular complexity index is 657. The first kappa shape index (κ1) is 17.3. The van der Waals surface area contributed by atoms with Crippen molar-refractivity contribution in [1.82, 2.24) is 0 Å². The normalized spacial score (nSPS) is 10.2. The Morgan fingerprint density at radius 1 is 1.13 bits per heavy atom. The molecule has 2 aromatic rings. The van der Waals surface area contributed by atoms with E-state index < -0.39 is 0 Å². The van der Waals surface area contributed by atoms with Crippen molar-refractivity contribution in [3.63, 3.8) is 0 Å². The van der Waals surface area contributed by atoms with Crippen molar-refractivity contribution in [2.75, 3.05) is 17.2 Å². The van der Waals surface area contributed by atoms with Gasteiger partial charge in [0.1, 0.15) is 5.75 Å². The molecule has 0 aromatic heterocycles. The van der Waals surface area contributed by atoms with Crippen LogP contribution in [0.2, 0.25) is 0 Å². The minimum Gasteiger partial charge on any atom is -0.493 e. The molecule has 122 valence electrons. The zero-order valence-corrected chi connectivity index (χ0v) is 14.9. The summed E-state index contributed by atoms with van der Waals surface area (Å²) >= 11 is 3.50. The molecule has 0 saturated heterocycles. The standard InChI is InChI=1S/C18H21BrN2O2/c1-3-10-23-18-9-4-15(19)11-14(18)12-20-16-5-7-17(8-6-16)21-13(2)22/h4-9,11,20H,3,10,12H2,1-2H3,(H,21,22). The summed E-state index contributed by atoms with van der Waals surface area (Å²) in [4.78, 5) is 11.0. The Morgan fingerprint density at radius 3 is 2.48 bits per heavy atom. The molecule has 0 saturated carbocycles. The molecular weight excluding hydrogens is 356 g/mol. The molecule has 5 heteroatoms. The van der Waals surface area contributed by atoms with Gasteiger partial charge in [0, 0.05) is 34.9 Å². The summed E-state index contributed by atoms with van der Waals surface area (Å²) in [6.45, 7) is 4.96. The fraction of sp³-hybridized carbons (Fsp3) is 0.278. The maximum Gasteiger partial charge on any atom is 0.221 e. The molecule has 0 aliphatic heterocycles. The van der Waals surface area contributed by atoms with Crippen LogP contribution in [0, 0.1) is 0 Å². The number of ether oxygens (including phenoxy) is 1. The smallest absolute Gasteiger partial charge is 0.221 e. The number of hydrogen-bond donors (Lipinski definition) is 2. The highest BCUT2D eigenvalue weighted by molar-refractivity contribution is 9.10. The number of nitrogens with one attached hydrogen (secondary N) is 2. The van der Waals surface area contributed by atoms with Gasteiger partial charge in [-0.05, 0) is 48.9 Å². The molecule has 23 heavy (non-hydrogen) atoms. The summed E-state index contributed by atoms with van der Waals surface area (Å²) in [5.41, 5.74) is 2.87. The summed E-state index contributed by atoms with van der Waals surface area (Å²) in [5.74, 6) is 0.829. The van der Waals surface area contributed by atoms with Gasteiger partial charge in [-0.2, -0.15) is 0 Å². The van der Waals surface area contributed by atoms with Crippen LogP contribution in [-0.4, -0.2) is 12.5 Å². The van der Waals surface area contributed by atoms with Crippen molar-refractivity contribution in [3.8, 4) is 5.75 Å². The summed E-state index contributed by atoms with van der Waals surface area (Å²) in [7, 11) is 0. The van der Waals surface area contributed by atoms with Gasteiger partial charge in [0.15, 0.2) is 0 Å². The molecule has 0 aliphatic carbocycles. The highest BCUT2D eigenvalue weighted by atomic mass is 79.9. The average Bonchev–Trinajstić information content (AvgIpc) is 2.53. The second-order valence-corrected chi connectivity index (χ2v) is 6.13. The number of halogens is 1. The lowest BCUT2D eigenvalue weighted by molar-refractivity contribution is -0.114. The quantitative estimate of drug-likeness (QED) is 0.728. The van der Waals surface area contributed by atoms with E-state index in [0.29, 0.717) is 13.2 Å². The average molecular weight is 377 g/mol. The maximum absolute atomic E-state index is 11.0. The van der Waals surface area contributed by atoms with E-state index in [1.165, 1.54) is 6.92 Å². The molecule has 0 spiro atoms. The van der Waals surface area contributed by atoms with E-state index in [1.807, 2.05) is 36.4 Å². The summed E-state index contributed by atoms with van der Waals surface area (Å²) in [6.07, 6.45) is 0.980. The first-order valence-electron chi connectivity index (χ1n) is 7.61. The van der Waals surface area contributed by atoms with E-state index in [1.54, 1.807) is 0 Å². The van der Waals surface area contributed by atoms with Crippen LogP contribution in [0.1, 0.15) is 25.8 Å². The minimum atomic E-state index is -0.0717. The van der Waals surface area contributed by atoms with Crippen LogP contribution in [0.5, 0.6) is 5.75 Å². The fourth-order valence-corrected chi connectivity index (χ4v) is 2.52. The van der Waals surface area contributed by atoms with Crippen molar-refractivity contribution in [3.05, 3.63) is 52.5 Å². The van der Waals surface area contributed by atoms with Crippen LogP contribution >= 0.6 is 15.9 Å². The van der Waals surface area contributed by atoms with Crippen LogP contribution in [0.15, 0.2) is 46.9 Å². The summed E-state index contributed by atoms with van der Waals surface area (Å²) in [5, 5.41) is 6.12. The van der Waals surface area contributed by atoms with E-state index in [9.17, 15) is 4.79 Å². The first-order chi connectivity index (χ1) is 11.1. The molecule has 1 amide bonds. The lowest BCUT2D eigenvalue weighted by atomic mass is 10.2. The van der Waals surface area contributed by atoms with Crippen LogP contribution in [-0.2, 0) is 11.3 Å². The van der Waals surface area contributed by atoms with Gasteiger partial charge in [-0.25, -0.2) is 0 Å². The van der Waals surface area contributed by atoms with Crippen molar-refractivity contribution in [2.24, 2.45) is 0 Å². The van der Waals surface area contributed by atoms with Gasteiger partial charge >= 0.3 is 0 Å². The fourth-order valence-electron chi connectivity index (χ4n) is 2.11. The number of amides is 1. The predicted octanol–water partition coefficient (Wildman–Crippen LogP) is 4.81. The van der Waals surface area contributed by atoms with Crippen LogP contribution < -0.4 is 15.4 Å². The van der Waals surface area contributed by atoms with Gasteiger partial charge in [0.25, 0.3) is 0 Å². The number of carbonyl (C=O) groups excluding carboxylic acids is 1. The van der Waals surface area contributed by atoms with Crippen molar-refractivity contribution >= 4 is 33.2 Å². The topological polar surface area (TPSA) is 50.4 Å². The Balaban J connectivity index is 2.02. The van der Waals surface area contributed by atoms with E-state index in [4.69, 9.17) is 4.74 Å². The molecule has 0 fully saturated rings. The predicted molar refractivity (Wildman–Crippen MR) is 98.0 cm³/mol. The van der Waals surface area contributed by atoms with Gasteiger partial charge < -0.3 is 15.4 Å². The molecule has 2 N–H and O–H groups in total. The molecular formula is C18H21BrN2O2. The van der Waals surface area contributed by atoms with E-state index in [2.05, 4.69) is 39.6 Å². The zero-order chi connectivity index (χ0) is 16.7. The number of carbonyl (C=O) groups is 1. The van der Waals surface area contributed by atoms with Crippen LogP contribution in [0.3, 0.4) is 0 Å². The van der Waals surface area contributed by atoms with Crippen molar-refractivity contribution in [2.45, 2.75) is 26.8 Å². The third-order valence-corrected chi connectivity index (χ3v) is 3.67. The molecule has 0 atom stereocenters. The third kappa shape index (κ3) is 5.60. The van der Waals surface area contributed by atoms with Crippen LogP contribution in [0.25, 0.3) is 0 Å². The molecule has 2 aromatic carbocycles. The van der Waals surface area contributed by atoms with Gasteiger partial charge in [0.2, 0.25) is 5.91 Å². The second-order valence-electron chi connectivity index (χ2n) is 5.21. The molecule has 4 nitrogen and oxygen atoms in total. The molecule has 0 aliphatic rings. The molecule has 0 radical (unpaired) electrons. The molecule has 0 unspecified atom stereocenters. The minimum absolute atomic E-state index is 0.0717. The van der Waals surface area contributed by atoms with E-state index in [-0.39, 0.29) is 5.91 Å². The van der Waals surface area contributed by atoms with Gasteiger partial charge in [0.05, 0.1) is 6.61 Å². The summed E-state index contributed by atoms with van der Waals surface area (Å²) in [6, 6.07) is 13.7. The molecule has 0 heterocycles. The Hall–Kier alpha value is -2.01. The first-order valence-corrected chi connectivity index (χ1v) is 8.40. The van der Waals surface area contributed by atoms with E-state index >= 15 is 0 Å². The van der Waals surface area contributed by atoms with Gasteiger partial charge in [-0.3, -0.25) is 4.79 Å². The van der Waals surface area contributed by atoms with Gasteiger partial charge in [-0.15, -0.1) is 0 Å². The maximum atomic E-state index is 11.0. The Kier molecular flexibility index (Phi) is 6.47. The number of hydrogen-bond acceptors (Lipinski definition) is 3. The highest BCUT2D eigenvalue weighted by Crippen LogP contribution is 2.25. The Morgan fingerprint density at radius 2 is 1.83 bits per heavy atom. The lowest BCUT2D eigenvalue weighted by Crippen LogP contribution is -2.06. The largest absolute Gasteiger partial charge is 0.493 e. The van der Waals surface area contributed by atoms with Gasteiger partial charge in [-0.1, -0.05) is 22.9 Å². The number of anilines is 2. The lowest BCUT2D eigenvalue weighted by Gasteiger charge is -2.13. The zero-order valence-electron chi connectivity index (χ0n) is 13.4. The van der Waals surface area contributed by atoms with Crippen molar-refractivity contribution < 1.29 is 9.53 Å². The SMILES string of the molecule is CCCOc1ccc(Br)cc1CNc1ccc(NC(C)=O)cc1. The van der Waals surface area contributed by atoms with Crippen molar-refractivity contribution in [1.29, 1.82) is 0 Å². The van der Waals surface area contributed by atoms with Crippen LogP contribution in [0.4, 0.5) is 11.4 Å². The Labute approximate surface area is 145 Å². The van der Waals surface area contributed by atoms with E-state index in [0.717, 1.165) is 33.6 Å². The monoisotopic (exact) mass is 376 g/mol. The number of rotatable bonds is 7. The second kappa shape index (κ2) is 8.58. The highest BCUT2D eigenvalue weighted by Gasteiger charge is 2.05. The number of benzene rings is 2. The molecule has 2 rings (SSSR count).